The highest BCUT2D eigenvalue weighted by Crippen LogP contribution is 2.09. The summed E-state index contributed by atoms with van der Waals surface area (Å²) >= 11 is 0. The Bertz CT molecular complexity index is 76.6. The van der Waals surface area contributed by atoms with Gasteiger partial charge in [-0.1, -0.05) is 0 Å². The zero-order valence-electron chi connectivity index (χ0n) is 5.60. The molecule has 0 N–H and O–H groups in total. The fourth-order valence-corrected chi connectivity index (χ4v) is 0.284. The highest BCUT2D eigenvalue weighted by atomic mass is 16.5. The molecular weight excluding hydrogens is 104 g/mol. The second-order valence-corrected chi connectivity index (χ2v) is 2.33. The normalized spacial score (nSPS) is 11.4. The molecule has 0 saturated heterocycles. The van der Waals surface area contributed by atoms with E-state index in [-0.39, 0.29) is 5.60 Å². The van der Waals surface area contributed by atoms with Gasteiger partial charge in [-0.15, -0.1) is 0 Å². The summed E-state index contributed by atoms with van der Waals surface area (Å²) in [5.74, 6) is 0. The summed E-state index contributed by atoms with van der Waals surface area (Å²) in [4.78, 5) is 9.90. The van der Waals surface area contributed by atoms with Crippen molar-refractivity contribution in [2.45, 2.75) is 25.9 Å². The van der Waals surface area contributed by atoms with Crippen LogP contribution in [0.2, 0.25) is 0 Å². The van der Waals surface area contributed by atoms with Gasteiger partial charge < -0.3 is 9.53 Å². The smallest absolute Gasteiger partial charge is 0.122 e. The van der Waals surface area contributed by atoms with Crippen LogP contribution < -0.4 is 0 Å². The molecule has 0 radical (unpaired) electrons. The maximum absolute atomic E-state index is 9.90. The summed E-state index contributed by atoms with van der Waals surface area (Å²) in [6, 6.07) is 0. The van der Waals surface area contributed by atoms with Crippen LogP contribution in [0, 0.1) is 0 Å². The van der Waals surface area contributed by atoms with Crippen LogP contribution in [0.3, 0.4) is 0 Å². The lowest BCUT2D eigenvalue weighted by molar-refractivity contribution is -0.112. The van der Waals surface area contributed by atoms with Gasteiger partial charge in [-0.3, -0.25) is 0 Å². The van der Waals surface area contributed by atoms with E-state index in [1.165, 1.54) is 0 Å². The number of carbonyl (C=O) groups is 1. The Labute approximate surface area is 49.8 Å². The van der Waals surface area contributed by atoms with Crippen molar-refractivity contribution in [2.75, 3.05) is 7.11 Å². The molecule has 0 rings (SSSR count). The fraction of sp³-hybridized carbons (Fsp3) is 0.833. The maximum Gasteiger partial charge on any atom is 0.122 e. The molecule has 0 atom stereocenters. The minimum absolute atomic E-state index is 0.276. The van der Waals surface area contributed by atoms with Crippen LogP contribution in [0.4, 0.5) is 0 Å². The van der Waals surface area contributed by atoms with Gasteiger partial charge in [-0.2, -0.15) is 0 Å². The minimum atomic E-state index is -0.276. The Balaban J connectivity index is 3.53. The number of methoxy groups -OCH3 is 1. The van der Waals surface area contributed by atoms with E-state index in [0.717, 1.165) is 6.29 Å². The van der Waals surface area contributed by atoms with E-state index >= 15 is 0 Å². The summed E-state index contributed by atoms with van der Waals surface area (Å²) in [7, 11) is 1.60. The molecule has 0 fully saturated rings. The third kappa shape index (κ3) is 2.75. The molecule has 0 aliphatic heterocycles. The molecule has 0 aromatic heterocycles. The first kappa shape index (κ1) is 7.63. The van der Waals surface area contributed by atoms with Crippen molar-refractivity contribution in [3.63, 3.8) is 0 Å². The van der Waals surface area contributed by atoms with E-state index in [1.54, 1.807) is 7.11 Å². The van der Waals surface area contributed by atoms with Gasteiger partial charge in [0.05, 0.1) is 5.60 Å². The first-order valence-electron chi connectivity index (χ1n) is 2.61. The van der Waals surface area contributed by atoms with Crippen molar-refractivity contribution in [1.82, 2.24) is 0 Å². The van der Waals surface area contributed by atoms with Crippen LogP contribution in [0.1, 0.15) is 20.3 Å². The average molecular weight is 116 g/mol. The number of hydrogen-bond acceptors (Lipinski definition) is 2. The molecule has 0 bridgehead atoms. The number of aldehydes is 1. The summed E-state index contributed by atoms with van der Waals surface area (Å²) in [6.07, 6.45) is 1.33. The van der Waals surface area contributed by atoms with Gasteiger partial charge in [0.15, 0.2) is 0 Å². The van der Waals surface area contributed by atoms with Gasteiger partial charge in [0.1, 0.15) is 6.29 Å². The second kappa shape index (κ2) is 2.82. The van der Waals surface area contributed by atoms with E-state index < -0.39 is 0 Å². The van der Waals surface area contributed by atoms with Gasteiger partial charge in [0.25, 0.3) is 0 Å². The van der Waals surface area contributed by atoms with Gasteiger partial charge in [-0.25, -0.2) is 0 Å². The first-order valence-corrected chi connectivity index (χ1v) is 2.61. The van der Waals surface area contributed by atoms with E-state index in [1.807, 2.05) is 13.8 Å². The third-order valence-electron chi connectivity index (χ3n) is 1.13. The highest BCUT2D eigenvalue weighted by Gasteiger charge is 2.13. The summed E-state index contributed by atoms with van der Waals surface area (Å²) < 4.78 is 4.95. The Morgan fingerprint density at radius 3 is 2.25 bits per heavy atom. The first-order chi connectivity index (χ1) is 3.62. The highest BCUT2D eigenvalue weighted by molar-refractivity contribution is 5.50. The Morgan fingerprint density at radius 1 is 1.62 bits per heavy atom. The van der Waals surface area contributed by atoms with Crippen molar-refractivity contribution in [3.05, 3.63) is 0 Å². The Morgan fingerprint density at radius 2 is 2.12 bits per heavy atom. The van der Waals surface area contributed by atoms with E-state index in [9.17, 15) is 4.79 Å². The molecule has 2 nitrogen and oxygen atoms in total. The predicted octanol–water partition coefficient (Wildman–Crippen LogP) is 1.00. The second-order valence-electron chi connectivity index (χ2n) is 2.33. The fourth-order valence-electron chi connectivity index (χ4n) is 0.284. The van der Waals surface area contributed by atoms with Gasteiger partial charge in [0, 0.05) is 13.5 Å². The summed E-state index contributed by atoms with van der Waals surface area (Å²) in [5, 5.41) is 0. The molecule has 0 unspecified atom stereocenters. The SMILES string of the molecule is COC(C)(C)CC=O. The van der Waals surface area contributed by atoms with Crippen LogP contribution in [0.5, 0.6) is 0 Å². The molecule has 48 valence electrons. The largest absolute Gasteiger partial charge is 0.378 e. The standard InChI is InChI=1S/C6H12O2/c1-6(2,8-3)4-5-7/h5H,4H2,1-3H3. The summed E-state index contributed by atoms with van der Waals surface area (Å²) in [5.41, 5.74) is -0.276. The topological polar surface area (TPSA) is 26.3 Å². The Kier molecular flexibility index (Phi) is 2.69. The molecule has 8 heavy (non-hydrogen) atoms. The van der Waals surface area contributed by atoms with Crippen LogP contribution in [-0.4, -0.2) is 19.0 Å². The number of rotatable bonds is 3. The van der Waals surface area contributed by atoms with Gasteiger partial charge in [0.2, 0.25) is 0 Å². The molecule has 0 spiro atoms. The van der Waals surface area contributed by atoms with Crippen molar-refractivity contribution >= 4 is 6.29 Å². The molecule has 0 saturated carbocycles. The molecule has 0 aliphatic carbocycles. The van der Waals surface area contributed by atoms with Gasteiger partial charge >= 0.3 is 0 Å². The lowest BCUT2D eigenvalue weighted by atomic mass is 10.1. The molecule has 0 aromatic rings. The minimum Gasteiger partial charge on any atom is -0.378 e. The predicted molar refractivity (Wildman–Crippen MR) is 31.8 cm³/mol. The van der Waals surface area contributed by atoms with Crippen LogP contribution in [0.15, 0.2) is 0 Å². The monoisotopic (exact) mass is 116 g/mol. The maximum atomic E-state index is 9.90. The summed E-state index contributed by atoms with van der Waals surface area (Å²) in [6.45, 7) is 3.75. The van der Waals surface area contributed by atoms with Crippen LogP contribution >= 0.6 is 0 Å². The van der Waals surface area contributed by atoms with E-state index in [4.69, 9.17) is 4.74 Å². The number of hydrogen-bond donors (Lipinski definition) is 0. The average Bonchev–Trinajstić information content (AvgIpc) is 1.67. The molecule has 0 amide bonds. The zero-order chi connectivity index (χ0) is 6.62. The van der Waals surface area contributed by atoms with Crippen molar-refractivity contribution in [2.24, 2.45) is 0 Å². The lowest BCUT2D eigenvalue weighted by Gasteiger charge is -2.18. The molecule has 0 aromatic carbocycles. The lowest BCUT2D eigenvalue weighted by Crippen LogP contribution is -2.22. The molecule has 0 aliphatic rings. The third-order valence-corrected chi connectivity index (χ3v) is 1.13. The Hall–Kier alpha value is -0.370. The van der Waals surface area contributed by atoms with Crippen LogP contribution in [-0.2, 0) is 9.53 Å². The van der Waals surface area contributed by atoms with E-state index in [2.05, 4.69) is 0 Å². The van der Waals surface area contributed by atoms with Crippen molar-refractivity contribution < 1.29 is 9.53 Å². The van der Waals surface area contributed by atoms with Crippen LogP contribution in [0.25, 0.3) is 0 Å². The quantitative estimate of drug-likeness (QED) is 0.514. The van der Waals surface area contributed by atoms with Crippen molar-refractivity contribution in [3.8, 4) is 0 Å². The zero-order valence-corrected chi connectivity index (χ0v) is 5.60. The number of ether oxygens (including phenoxy) is 1. The van der Waals surface area contributed by atoms with Gasteiger partial charge in [-0.05, 0) is 13.8 Å². The molecule has 0 heterocycles. The molecule has 2 heteroatoms. The number of carbonyl (C=O) groups excluding carboxylic acids is 1. The molecular formula is C6H12O2. The van der Waals surface area contributed by atoms with E-state index in [0.29, 0.717) is 6.42 Å². The van der Waals surface area contributed by atoms with Crippen molar-refractivity contribution in [1.29, 1.82) is 0 Å².